The zero-order valence-corrected chi connectivity index (χ0v) is 15.5. The summed E-state index contributed by atoms with van der Waals surface area (Å²) in [6.07, 6.45) is 5.11. The lowest BCUT2D eigenvalue weighted by Gasteiger charge is -2.34. The Bertz CT molecular complexity index is 934. The molecule has 0 unspecified atom stereocenters. The molecule has 0 saturated carbocycles. The number of carboxylic acids is 1. The molecule has 1 aromatic carbocycles. The molecule has 3 heterocycles. The van der Waals surface area contributed by atoms with Gasteiger partial charge in [0.2, 0.25) is 5.96 Å². The minimum atomic E-state index is -0.948. The Labute approximate surface area is 162 Å². The van der Waals surface area contributed by atoms with Gasteiger partial charge in [0, 0.05) is 24.9 Å². The summed E-state index contributed by atoms with van der Waals surface area (Å²) in [7, 11) is 1.56. The van der Waals surface area contributed by atoms with Gasteiger partial charge in [-0.2, -0.15) is 0 Å². The van der Waals surface area contributed by atoms with Crippen molar-refractivity contribution in [1.82, 2.24) is 9.80 Å². The highest BCUT2D eigenvalue weighted by Crippen LogP contribution is 2.43. The summed E-state index contributed by atoms with van der Waals surface area (Å²) in [5, 5.41) is 9.35. The van der Waals surface area contributed by atoms with Crippen LogP contribution in [0.2, 0.25) is 0 Å². The van der Waals surface area contributed by atoms with E-state index in [0.29, 0.717) is 55.0 Å². The number of hydrogen-bond donors (Lipinski definition) is 2. The first-order valence-corrected chi connectivity index (χ1v) is 8.96. The smallest absolute Gasteiger partial charge is 0.333 e. The minimum Gasteiger partial charge on any atom is -0.491 e. The van der Waals surface area contributed by atoms with E-state index in [1.54, 1.807) is 24.2 Å². The third-order valence-electron chi connectivity index (χ3n) is 4.65. The number of allylic oxidation sites excluding steroid dienone is 2. The van der Waals surface area contributed by atoms with Crippen molar-refractivity contribution >= 4 is 23.5 Å². The van der Waals surface area contributed by atoms with Crippen LogP contribution in [0.1, 0.15) is 5.56 Å². The molecule has 0 fully saturated rings. The number of amidine groups is 1. The Hall–Kier alpha value is -3.33. The number of fused-ring (bicyclic) bond motifs is 3. The molecular weight excluding hydrogens is 362 g/mol. The molecule has 1 aromatic rings. The number of guanidine groups is 1. The van der Waals surface area contributed by atoms with Crippen molar-refractivity contribution < 1.29 is 19.4 Å². The van der Waals surface area contributed by atoms with Crippen LogP contribution < -0.4 is 15.2 Å². The van der Waals surface area contributed by atoms with Gasteiger partial charge >= 0.3 is 5.97 Å². The van der Waals surface area contributed by atoms with Gasteiger partial charge in [0.05, 0.1) is 25.8 Å². The molecule has 3 N–H and O–H groups in total. The van der Waals surface area contributed by atoms with Gasteiger partial charge in [0.1, 0.15) is 18.1 Å². The second-order valence-electron chi connectivity index (χ2n) is 6.37. The van der Waals surface area contributed by atoms with Crippen LogP contribution in [0.15, 0.2) is 46.0 Å². The summed E-state index contributed by atoms with van der Waals surface area (Å²) in [5.41, 5.74) is 7.31. The largest absolute Gasteiger partial charge is 0.491 e. The molecule has 0 radical (unpaired) electrons. The van der Waals surface area contributed by atoms with Gasteiger partial charge in [-0.3, -0.25) is 9.89 Å². The number of methoxy groups -OCH3 is 1. The lowest BCUT2D eigenvalue weighted by atomic mass is 10.1. The van der Waals surface area contributed by atoms with E-state index in [9.17, 15) is 9.90 Å². The van der Waals surface area contributed by atoms with Gasteiger partial charge in [0.15, 0.2) is 11.5 Å². The zero-order chi connectivity index (χ0) is 19.7. The van der Waals surface area contributed by atoms with Crippen molar-refractivity contribution in [1.29, 1.82) is 0 Å². The fourth-order valence-electron chi connectivity index (χ4n) is 3.40. The maximum atomic E-state index is 11.4. The molecule has 0 bridgehead atoms. The van der Waals surface area contributed by atoms with Gasteiger partial charge in [0.25, 0.3) is 0 Å². The Morgan fingerprint density at radius 3 is 3.00 bits per heavy atom. The summed E-state index contributed by atoms with van der Waals surface area (Å²) < 4.78 is 11.3. The quantitative estimate of drug-likeness (QED) is 0.778. The first-order valence-electron chi connectivity index (χ1n) is 8.96. The first kappa shape index (κ1) is 18.1. The predicted molar refractivity (Wildman–Crippen MR) is 104 cm³/mol. The van der Waals surface area contributed by atoms with Crippen LogP contribution in [-0.2, 0) is 4.79 Å². The lowest BCUT2D eigenvalue weighted by Crippen LogP contribution is -2.47. The molecule has 0 amide bonds. The molecule has 9 nitrogen and oxygen atoms in total. The SMILES string of the molecule is COc1c(OCCN)ccc2c1N=C(N1C=CC=C(C(=O)O)C1)N1CCN=C21. The number of nitrogens with zero attached hydrogens (tertiary/aromatic N) is 4. The molecule has 3 aliphatic heterocycles. The highest BCUT2D eigenvalue weighted by atomic mass is 16.5. The van der Waals surface area contributed by atoms with Gasteiger partial charge in [-0.1, -0.05) is 0 Å². The van der Waals surface area contributed by atoms with Gasteiger partial charge in [-0.15, -0.1) is 0 Å². The van der Waals surface area contributed by atoms with Gasteiger partial charge < -0.3 is 25.2 Å². The van der Waals surface area contributed by atoms with E-state index in [-0.39, 0.29) is 6.54 Å². The fourth-order valence-corrected chi connectivity index (χ4v) is 3.40. The first-order chi connectivity index (χ1) is 13.6. The van der Waals surface area contributed by atoms with Crippen molar-refractivity contribution in [2.24, 2.45) is 15.7 Å². The number of ether oxygens (including phenoxy) is 2. The zero-order valence-electron chi connectivity index (χ0n) is 15.5. The van der Waals surface area contributed by atoms with Crippen LogP contribution in [0.3, 0.4) is 0 Å². The van der Waals surface area contributed by atoms with Crippen molar-refractivity contribution in [3.8, 4) is 11.5 Å². The molecule has 9 heteroatoms. The fraction of sp³-hybridized carbons (Fsp3) is 0.316. The molecule has 0 aliphatic carbocycles. The van der Waals surface area contributed by atoms with Crippen LogP contribution in [0.25, 0.3) is 0 Å². The van der Waals surface area contributed by atoms with Crippen molar-refractivity contribution in [3.05, 3.63) is 41.6 Å². The predicted octanol–water partition coefficient (Wildman–Crippen LogP) is 0.936. The van der Waals surface area contributed by atoms with Crippen molar-refractivity contribution in [2.75, 3.05) is 39.9 Å². The average Bonchev–Trinajstić information content (AvgIpc) is 3.21. The van der Waals surface area contributed by atoms with E-state index in [0.717, 1.165) is 11.4 Å². The summed E-state index contributed by atoms with van der Waals surface area (Å²) in [5.74, 6) is 1.52. The van der Waals surface area contributed by atoms with Gasteiger partial charge in [-0.05, 0) is 24.3 Å². The number of rotatable bonds is 5. The van der Waals surface area contributed by atoms with Crippen molar-refractivity contribution in [2.45, 2.75) is 0 Å². The van der Waals surface area contributed by atoms with E-state index in [1.165, 1.54) is 0 Å². The van der Waals surface area contributed by atoms with E-state index in [2.05, 4.69) is 4.99 Å². The molecular formula is C19H21N5O4. The number of benzene rings is 1. The minimum absolute atomic E-state index is 0.218. The normalized spacial score (nSPS) is 17.4. The average molecular weight is 383 g/mol. The third-order valence-corrected chi connectivity index (χ3v) is 4.65. The van der Waals surface area contributed by atoms with Gasteiger partial charge in [-0.25, -0.2) is 9.79 Å². The molecule has 4 rings (SSSR count). The van der Waals surface area contributed by atoms with Crippen LogP contribution in [-0.4, -0.2) is 72.6 Å². The van der Waals surface area contributed by atoms with Crippen LogP contribution in [0.5, 0.6) is 11.5 Å². The second-order valence-corrected chi connectivity index (χ2v) is 6.37. The van der Waals surface area contributed by atoms with Crippen molar-refractivity contribution in [3.63, 3.8) is 0 Å². The van der Waals surface area contributed by atoms with E-state index in [1.807, 2.05) is 23.2 Å². The van der Waals surface area contributed by atoms with E-state index >= 15 is 0 Å². The Balaban J connectivity index is 1.79. The molecule has 0 aromatic heterocycles. The molecule has 0 saturated heterocycles. The van der Waals surface area contributed by atoms with Crippen LogP contribution in [0.4, 0.5) is 5.69 Å². The molecule has 3 aliphatic rings. The number of carboxylic acid groups (broad SMARTS) is 1. The molecule has 0 atom stereocenters. The standard InChI is InChI=1S/C19H21N5O4/c1-27-16-14(28-10-6-20)5-4-13-15(16)22-19(24-9-7-21-17(13)24)23-8-2-3-12(11-23)18(25)26/h2-5,8H,6-7,9-11,20H2,1H3,(H,25,26). The Morgan fingerprint density at radius 1 is 1.39 bits per heavy atom. The monoisotopic (exact) mass is 383 g/mol. The summed E-state index contributed by atoms with van der Waals surface area (Å²) in [6, 6.07) is 3.74. The molecule has 146 valence electrons. The second kappa shape index (κ2) is 7.35. The number of hydrogen-bond acceptors (Lipinski definition) is 8. The topological polar surface area (TPSA) is 113 Å². The summed E-state index contributed by atoms with van der Waals surface area (Å²) in [6.45, 7) is 2.28. The number of aliphatic imine (C=N–C) groups is 2. The lowest BCUT2D eigenvalue weighted by molar-refractivity contribution is -0.132. The highest BCUT2D eigenvalue weighted by molar-refractivity contribution is 6.17. The number of aliphatic carboxylic acids is 1. The molecule has 0 spiro atoms. The van der Waals surface area contributed by atoms with E-state index in [4.69, 9.17) is 20.2 Å². The maximum Gasteiger partial charge on any atom is 0.333 e. The van der Waals surface area contributed by atoms with Crippen LogP contribution >= 0.6 is 0 Å². The van der Waals surface area contributed by atoms with Crippen LogP contribution in [0, 0.1) is 0 Å². The highest BCUT2D eigenvalue weighted by Gasteiger charge is 2.35. The summed E-state index contributed by atoms with van der Waals surface area (Å²) in [4.78, 5) is 24.7. The Kier molecular flexibility index (Phi) is 4.74. The third kappa shape index (κ3) is 2.99. The Morgan fingerprint density at radius 2 is 2.25 bits per heavy atom. The number of carbonyl (C=O) groups is 1. The maximum absolute atomic E-state index is 11.4. The van der Waals surface area contributed by atoms with E-state index < -0.39 is 5.97 Å². The summed E-state index contributed by atoms with van der Waals surface area (Å²) >= 11 is 0. The molecule has 28 heavy (non-hydrogen) atoms. The number of nitrogens with two attached hydrogens (primary N) is 1.